The van der Waals surface area contributed by atoms with Gasteiger partial charge in [-0.25, -0.2) is 4.98 Å². The summed E-state index contributed by atoms with van der Waals surface area (Å²) < 4.78 is 0. The third kappa shape index (κ3) is 2.13. The van der Waals surface area contributed by atoms with Crippen molar-refractivity contribution >= 4 is 28.0 Å². The molecular weight excluding hydrogens is 248 g/mol. The highest BCUT2D eigenvalue weighted by atomic mass is 15.0. The topological polar surface area (TPSA) is 74.7 Å². The van der Waals surface area contributed by atoms with Gasteiger partial charge in [-0.15, -0.1) is 0 Å². The number of benzene rings is 2. The van der Waals surface area contributed by atoms with E-state index in [1.54, 1.807) is 12.1 Å². The number of hydrogen-bond acceptors (Lipinski definition) is 4. The van der Waals surface area contributed by atoms with Crippen LogP contribution in [-0.4, -0.2) is 4.98 Å². The monoisotopic (exact) mass is 260 g/mol. The highest BCUT2D eigenvalue weighted by molar-refractivity contribution is 5.95. The van der Waals surface area contributed by atoms with Crippen molar-refractivity contribution in [3.63, 3.8) is 0 Å². The van der Waals surface area contributed by atoms with Crippen LogP contribution in [0.2, 0.25) is 0 Å². The Hall–Kier alpha value is -3.06. The van der Waals surface area contributed by atoms with Gasteiger partial charge in [-0.05, 0) is 23.6 Å². The Labute approximate surface area is 116 Å². The van der Waals surface area contributed by atoms with E-state index in [1.807, 2.05) is 36.4 Å². The summed E-state index contributed by atoms with van der Waals surface area (Å²) in [5.74, 6) is 0.604. The molecule has 0 amide bonds. The average molecular weight is 260 g/mol. The molecule has 3 rings (SSSR count). The Morgan fingerprint density at radius 1 is 1.00 bits per heavy atom. The summed E-state index contributed by atoms with van der Waals surface area (Å²) in [4.78, 5) is 4.20. The van der Waals surface area contributed by atoms with E-state index in [9.17, 15) is 0 Å². The van der Waals surface area contributed by atoms with Gasteiger partial charge in [0.1, 0.15) is 11.9 Å². The third-order valence-corrected chi connectivity index (χ3v) is 3.08. The number of aromatic nitrogens is 1. The van der Waals surface area contributed by atoms with E-state index in [2.05, 4.69) is 22.4 Å². The van der Waals surface area contributed by atoms with Gasteiger partial charge in [0.25, 0.3) is 0 Å². The summed E-state index contributed by atoms with van der Waals surface area (Å²) in [6.07, 6.45) is 0. The van der Waals surface area contributed by atoms with Gasteiger partial charge in [-0.1, -0.05) is 36.4 Å². The molecule has 4 heteroatoms. The van der Waals surface area contributed by atoms with Gasteiger partial charge >= 0.3 is 0 Å². The molecule has 0 saturated heterocycles. The first-order valence-electron chi connectivity index (χ1n) is 6.19. The van der Waals surface area contributed by atoms with Crippen LogP contribution in [-0.2, 0) is 0 Å². The fourth-order valence-corrected chi connectivity index (χ4v) is 2.10. The Morgan fingerprint density at radius 3 is 2.65 bits per heavy atom. The fraction of sp³-hybridized carbons (Fsp3) is 0. The van der Waals surface area contributed by atoms with E-state index in [-0.39, 0.29) is 5.69 Å². The first-order valence-corrected chi connectivity index (χ1v) is 6.19. The molecule has 0 aliphatic heterocycles. The van der Waals surface area contributed by atoms with Gasteiger partial charge in [0.15, 0.2) is 5.69 Å². The molecule has 0 radical (unpaired) electrons. The number of anilines is 3. The van der Waals surface area contributed by atoms with Crippen molar-refractivity contribution in [1.29, 1.82) is 5.26 Å². The van der Waals surface area contributed by atoms with Crippen molar-refractivity contribution in [2.45, 2.75) is 0 Å². The first kappa shape index (κ1) is 12.0. The van der Waals surface area contributed by atoms with Crippen LogP contribution in [0.25, 0.3) is 10.8 Å². The lowest BCUT2D eigenvalue weighted by molar-refractivity contribution is 1.26. The molecular formula is C16H12N4. The van der Waals surface area contributed by atoms with E-state index in [0.717, 1.165) is 16.5 Å². The van der Waals surface area contributed by atoms with E-state index < -0.39 is 0 Å². The Bertz CT molecular complexity index is 813. The Balaban J connectivity index is 2.04. The van der Waals surface area contributed by atoms with E-state index >= 15 is 0 Å². The van der Waals surface area contributed by atoms with Crippen LogP contribution in [0.4, 0.5) is 17.2 Å². The highest BCUT2D eigenvalue weighted by Crippen LogP contribution is 2.26. The smallest absolute Gasteiger partial charge is 0.165 e. The molecule has 0 fully saturated rings. The molecule has 20 heavy (non-hydrogen) atoms. The summed E-state index contributed by atoms with van der Waals surface area (Å²) in [7, 11) is 0. The Morgan fingerprint density at radius 2 is 1.80 bits per heavy atom. The van der Waals surface area contributed by atoms with E-state index in [4.69, 9.17) is 11.0 Å². The number of nitriles is 1. The highest BCUT2D eigenvalue weighted by Gasteiger charge is 2.04. The van der Waals surface area contributed by atoms with Crippen LogP contribution in [0.1, 0.15) is 5.69 Å². The maximum atomic E-state index is 8.96. The lowest BCUT2D eigenvalue weighted by Gasteiger charge is -2.09. The number of hydrogen-bond donors (Lipinski definition) is 2. The molecule has 0 unspecified atom stereocenters. The number of nitrogens with two attached hydrogens (primary N) is 1. The molecule has 0 atom stereocenters. The van der Waals surface area contributed by atoms with Crippen molar-refractivity contribution in [1.82, 2.24) is 4.98 Å². The maximum absolute atomic E-state index is 8.96. The quantitative estimate of drug-likeness (QED) is 0.740. The zero-order valence-corrected chi connectivity index (χ0v) is 10.7. The Kier molecular flexibility index (Phi) is 2.94. The van der Waals surface area contributed by atoms with Crippen molar-refractivity contribution in [2.75, 3.05) is 11.1 Å². The number of nitrogens with zero attached hydrogens (tertiary/aromatic N) is 2. The lowest BCUT2D eigenvalue weighted by atomic mass is 10.1. The van der Waals surface area contributed by atoms with Crippen LogP contribution in [0.15, 0.2) is 54.6 Å². The molecule has 3 N–H and O–H groups in total. The third-order valence-electron chi connectivity index (χ3n) is 3.08. The SMILES string of the molecule is N#Cc1nc(Nc2cccc3ccccc23)ccc1N. The predicted molar refractivity (Wildman–Crippen MR) is 80.6 cm³/mol. The van der Waals surface area contributed by atoms with Crippen LogP contribution < -0.4 is 11.1 Å². The van der Waals surface area contributed by atoms with Crippen LogP contribution in [0, 0.1) is 11.3 Å². The van der Waals surface area contributed by atoms with Crippen LogP contribution in [0.5, 0.6) is 0 Å². The van der Waals surface area contributed by atoms with Crippen LogP contribution in [0.3, 0.4) is 0 Å². The van der Waals surface area contributed by atoms with Crippen molar-refractivity contribution < 1.29 is 0 Å². The minimum Gasteiger partial charge on any atom is -0.396 e. The number of fused-ring (bicyclic) bond motifs is 1. The predicted octanol–water partition coefficient (Wildman–Crippen LogP) is 3.43. The van der Waals surface area contributed by atoms with Gasteiger partial charge < -0.3 is 11.1 Å². The number of nitrogen functional groups attached to an aromatic ring is 1. The molecule has 4 nitrogen and oxygen atoms in total. The second-order valence-corrected chi connectivity index (χ2v) is 4.40. The molecule has 1 heterocycles. The largest absolute Gasteiger partial charge is 0.396 e. The van der Waals surface area contributed by atoms with Crippen LogP contribution >= 0.6 is 0 Å². The molecule has 0 saturated carbocycles. The second-order valence-electron chi connectivity index (χ2n) is 4.40. The van der Waals surface area contributed by atoms with Gasteiger partial charge in [-0.2, -0.15) is 5.26 Å². The molecule has 96 valence electrons. The lowest BCUT2D eigenvalue weighted by Crippen LogP contribution is -1.99. The normalized spacial score (nSPS) is 10.2. The second kappa shape index (κ2) is 4.90. The molecule has 0 aliphatic carbocycles. The van der Waals surface area contributed by atoms with Gasteiger partial charge in [0.05, 0.1) is 5.69 Å². The summed E-state index contributed by atoms with van der Waals surface area (Å²) in [5.41, 5.74) is 7.24. The molecule has 0 aliphatic rings. The van der Waals surface area contributed by atoms with Crippen molar-refractivity contribution in [3.05, 3.63) is 60.3 Å². The summed E-state index contributed by atoms with van der Waals surface area (Å²) in [6.45, 7) is 0. The molecule has 2 aromatic carbocycles. The van der Waals surface area contributed by atoms with Crippen molar-refractivity contribution in [3.8, 4) is 6.07 Å². The summed E-state index contributed by atoms with van der Waals surface area (Å²) in [5, 5.41) is 14.4. The number of nitrogens with one attached hydrogen (secondary N) is 1. The molecule has 0 bridgehead atoms. The van der Waals surface area contributed by atoms with E-state index in [1.165, 1.54) is 0 Å². The summed E-state index contributed by atoms with van der Waals surface area (Å²) in [6, 6.07) is 19.5. The minimum absolute atomic E-state index is 0.232. The van der Waals surface area contributed by atoms with E-state index in [0.29, 0.717) is 11.5 Å². The number of rotatable bonds is 2. The zero-order chi connectivity index (χ0) is 13.9. The fourth-order valence-electron chi connectivity index (χ4n) is 2.10. The van der Waals surface area contributed by atoms with Gasteiger partial charge in [0.2, 0.25) is 0 Å². The van der Waals surface area contributed by atoms with Crippen molar-refractivity contribution in [2.24, 2.45) is 0 Å². The standard InChI is InChI=1S/C16H12N4/c17-10-15-13(18)8-9-16(20-15)19-14-7-3-5-11-4-1-2-6-12(11)14/h1-9H,18H2,(H,19,20). The minimum atomic E-state index is 0.232. The molecule has 1 aromatic heterocycles. The van der Waals surface area contributed by atoms with Gasteiger partial charge in [0, 0.05) is 11.1 Å². The van der Waals surface area contributed by atoms with Gasteiger partial charge in [-0.3, -0.25) is 0 Å². The average Bonchev–Trinajstić information content (AvgIpc) is 2.49. The zero-order valence-electron chi connectivity index (χ0n) is 10.7. The molecule has 3 aromatic rings. The number of pyridine rings is 1. The summed E-state index contributed by atoms with van der Waals surface area (Å²) >= 11 is 0. The first-order chi connectivity index (χ1) is 9.78. The molecule has 0 spiro atoms. The maximum Gasteiger partial charge on any atom is 0.165 e.